The number of thioether (sulfide) groups is 1. The van der Waals surface area contributed by atoms with E-state index in [-0.39, 0.29) is 5.91 Å². The van der Waals surface area contributed by atoms with Crippen molar-refractivity contribution >= 4 is 39.1 Å². The maximum Gasteiger partial charge on any atom is 0.230 e. The van der Waals surface area contributed by atoms with Crippen LogP contribution >= 0.6 is 23.1 Å². The first kappa shape index (κ1) is 19.2. The average molecular weight is 413 g/mol. The Labute approximate surface area is 173 Å². The van der Waals surface area contributed by atoms with Gasteiger partial charge in [0.15, 0.2) is 11.0 Å². The van der Waals surface area contributed by atoms with Crippen LogP contribution in [0.3, 0.4) is 0 Å². The maximum atomic E-state index is 12.4. The second-order valence-electron chi connectivity index (χ2n) is 7.04. The van der Waals surface area contributed by atoms with Crippen molar-refractivity contribution in [2.24, 2.45) is 0 Å². The molecular weight excluding hydrogens is 388 g/mol. The van der Waals surface area contributed by atoms with E-state index in [0.29, 0.717) is 18.3 Å². The van der Waals surface area contributed by atoms with E-state index in [9.17, 15) is 4.79 Å². The van der Waals surface area contributed by atoms with Crippen LogP contribution in [0.4, 0.5) is 0 Å². The van der Waals surface area contributed by atoms with Crippen LogP contribution in [0.15, 0.2) is 47.5 Å². The molecule has 4 rings (SSSR count). The van der Waals surface area contributed by atoms with E-state index in [1.54, 1.807) is 11.3 Å². The summed E-state index contributed by atoms with van der Waals surface area (Å²) in [5.74, 6) is 1.26. The molecule has 2 heterocycles. The van der Waals surface area contributed by atoms with Gasteiger partial charge in [-0.2, -0.15) is 0 Å². The van der Waals surface area contributed by atoms with Crippen LogP contribution in [0.25, 0.3) is 21.5 Å². The third-order valence-corrected chi connectivity index (χ3v) is 6.98. The number of nitrogens with one attached hydrogen (secondary N) is 1. The number of carbonyl (C=O) groups excluding carboxylic acids is 1. The molecule has 7 heteroatoms. The summed E-state index contributed by atoms with van der Waals surface area (Å²) < 4.78 is 3.27. The van der Waals surface area contributed by atoms with E-state index in [1.807, 2.05) is 22.8 Å². The highest BCUT2D eigenvalue weighted by molar-refractivity contribution is 7.99. The van der Waals surface area contributed by atoms with Crippen molar-refractivity contribution in [1.29, 1.82) is 0 Å². The molecule has 1 saturated carbocycles. The lowest BCUT2D eigenvalue weighted by Crippen LogP contribution is -2.37. The number of rotatable bonds is 7. The molecular formula is C21H24N4OS2. The van der Waals surface area contributed by atoms with Crippen molar-refractivity contribution in [2.75, 3.05) is 5.75 Å². The number of fused-ring (bicyclic) bond motifs is 1. The second-order valence-corrected chi connectivity index (χ2v) is 8.90. The Kier molecular flexibility index (Phi) is 6.12. The van der Waals surface area contributed by atoms with Crippen LogP contribution in [-0.2, 0) is 11.3 Å². The Morgan fingerprint density at radius 1 is 1.29 bits per heavy atom. The molecule has 28 heavy (non-hydrogen) atoms. The molecule has 1 aliphatic carbocycles. The van der Waals surface area contributed by atoms with E-state index < -0.39 is 0 Å². The zero-order valence-electron chi connectivity index (χ0n) is 15.8. The molecule has 0 aliphatic heterocycles. The van der Waals surface area contributed by atoms with Gasteiger partial charge in [-0.1, -0.05) is 55.3 Å². The Morgan fingerprint density at radius 3 is 2.93 bits per heavy atom. The third-order valence-electron chi connectivity index (χ3n) is 5.05. The molecule has 0 atom stereocenters. The van der Waals surface area contributed by atoms with Crippen LogP contribution in [-0.4, -0.2) is 32.5 Å². The summed E-state index contributed by atoms with van der Waals surface area (Å²) in [6.45, 7) is 4.48. The van der Waals surface area contributed by atoms with Gasteiger partial charge in [0.1, 0.15) is 0 Å². The first-order valence-corrected chi connectivity index (χ1v) is 11.6. The van der Waals surface area contributed by atoms with Crippen LogP contribution in [0.2, 0.25) is 0 Å². The Hall–Kier alpha value is -2.12. The lowest BCUT2D eigenvalue weighted by Gasteiger charge is -2.22. The van der Waals surface area contributed by atoms with Gasteiger partial charge in [0.25, 0.3) is 0 Å². The molecule has 1 aromatic carbocycles. The van der Waals surface area contributed by atoms with E-state index in [1.165, 1.54) is 41.1 Å². The minimum Gasteiger partial charge on any atom is -0.353 e. The third kappa shape index (κ3) is 4.15. The number of benzene rings is 1. The SMILES string of the molecule is C=CCn1c(SCC(=O)NC2CCCCC2)nnc1-c1csc2ccccc12. The number of nitrogens with zero attached hydrogens (tertiary/aromatic N) is 3. The number of carbonyl (C=O) groups is 1. The smallest absolute Gasteiger partial charge is 0.230 e. The van der Waals surface area contributed by atoms with Crippen LogP contribution < -0.4 is 5.32 Å². The van der Waals surface area contributed by atoms with E-state index >= 15 is 0 Å². The zero-order chi connectivity index (χ0) is 19.3. The number of thiophene rings is 1. The highest BCUT2D eigenvalue weighted by atomic mass is 32.2. The molecule has 0 radical (unpaired) electrons. The van der Waals surface area contributed by atoms with Crippen LogP contribution in [0.5, 0.6) is 0 Å². The highest BCUT2D eigenvalue weighted by Crippen LogP contribution is 2.34. The first-order chi connectivity index (χ1) is 13.8. The minimum atomic E-state index is 0.0765. The van der Waals surface area contributed by atoms with Gasteiger partial charge in [-0.15, -0.1) is 28.1 Å². The number of allylic oxidation sites excluding steroid dienone is 1. The van der Waals surface area contributed by atoms with Crippen molar-refractivity contribution < 1.29 is 4.79 Å². The fraction of sp³-hybridized carbons (Fsp3) is 0.381. The second kappa shape index (κ2) is 8.92. The van der Waals surface area contributed by atoms with Gasteiger partial charge in [0, 0.05) is 33.6 Å². The van der Waals surface area contributed by atoms with E-state index in [0.717, 1.165) is 29.4 Å². The fourth-order valence-corrected chi connectivity index (χ4v) is 5.38. The van der Waals surface area contributed by atoms with Crippen molar-refractivity contribution in [3.05, 3.63) is 42.3 Å². The summed E-state index contributed by atoms with van der Waals surface area (Å²) in [5, 5.41) is 16.0. The molecule has 2 aromatic heterocycles. The topological polar surface area (TPSA) is 59.8 Å². The summed E-state index contributed by atoms with van der Waals surface area (Å²) in [6.07, 6.45) is 7.74. The molecule has 0 bridgehead atoms. The lowest BCUT2D eigenvalue weighted by molar-refractivity contribution is -0.119. The summed E-state index contributed by atoms with van der Waals surface area (Å²) in [4.78, 5) is 12.4. The number of hydrogen-bond acceptors (Lipinski definition) is 5. The fourth-order valence-electron chi connectivity index (χ4n) is 3.69. The normalized spacial score (nSPS) is 15.0. The predicted octanol–water partition coefficient (Wildman–Crippen LogP) is 4.89. The van der Waals surface area contributed by atoms with Crippen molar-refractivity contribution in [1.82, 2.24) is 20.1 Å². The zero-order valence-corrected chi connectivity index (χ0v) is 17.4. The highest BCUT2D eigenvalue weighted by Gasteiger charge is 2.19. The first-order valence-electron chi connectivity index (χ1n) is 9.69. The average Bonchev–Trinajstić information content (AvgIpc) is 3.31. The van der Waals surface area contributed by atoms with Gasteiger partial charge in [0.05, 0.1) is 5.75 Å². The molecule has 1 amide bonds. The van der Waals surface area contributed by atoms with Gasteiger partial charge in [-0.25, -0.2) is 0 Å². The molecule has 146 valence electrons. The van der Waals surface area contributed by atoms with Crippen molar-refractivity contribution in [3.8, 4) is 11.4 Å². The molecule has 1 N–H and O–H groups in total. The van der Waals surface area contributed by atoms with Crippen molar-refractivity contribution in [3.63, 3.8) is 0 Å². The summed E-state index contributed by atoms with van der Waals surface area (Å²) in [7, 11) is 0. The number of hydrogen-bond donors (Lipinski definition) is 1. The molecule has 1 fully saturated rings. The van der Waals surface area contributed by atoms with E-state index in [2.05, 4.69) is 39.6 Å². The molecule has 0 spiro atoms. The lowest BCUT2D eigenvalue weighted by atomic mass is 9.95. The predicted molar refractivity (Wildman–Crippen MR) is 117 cm³/mol. The molecule has 0 unspecified atom stereocenters. The van der Waals surface area contributed by atoms with Crippen molar-refractivity contribution in [2.45, 2.75) is 49.8 Å². The van der Waals surface area contributed by atoms with Gasteiger partial charge in [-0.3, -0.25) is 9.36 Å². The quantitative estimate of drug-likeness (QED) is 0.443. The van der Waals surface area contributed by atoms with E-state index in [4.69, 9.17) is 0 Å². The molecule has 3 aromatic rings. The largest absolute Gasteiger partial charge is 0.353 e. The Morgan fingerprint density at radius 2 is 2.11 bits per heavy atom. The number of aromatic nitrogens is 3. The Bertz CT molecular complexity index is 972. The molecule has 1 aliphatic rings. The molecule has 5 nitrogen and oxygen atoms in total. The number of amides is 1. The Balaban J connectivity index is 1.50. The standard InChI is InChI=1S/C21H24N4OS2/c1-2-12-25-20(17-13-27-18-11-7-6-10-16(17)18)23-24-21(25)28-14-19(26)22-15-8-4-3-5-9-15/h2,6-7,10-11,13,15H,1,3-5,8-9,12,14H2,(H,22,26). The minimum absolute atomic E-state index is 0.0765. The van der Waals surface area contributed by atoms with Crippen LogP contribution in [0, 0.1) is 0 Å². The summed E-state index contributed by atoms with van der Waals surface area (Å²) >= 11 is 3.14. The van der Waals surface area contributed by atoms with Gasteiger partial charge >= 0.3 is 0 Å². The molecule has 0 saturated heterocycles. The maximum absolute atomic E-state index is 12.4. The van der Waals surface area contributed by atoms with Gasteiger partial charge in [-0.05, 0) is 18.9 Å². The van der Waals surface area contributed by atoms with Gasteiger partial charge in [0.2, 0.25) is 5.91 Å². The monoisotopic (exact) mass is 412 g/mol. The van der Waals surface area contributed by atoms with Gasteiger partial charge < -0.3 is 5.32 Å². The summed E-state index contributed by atoms with van der Waals surface area (Å²) in [6, 6.07) is 8.64. The van der Waals surface area contributed by atoms with Crippen LogP contribution in [0.1, 0.15) is 32.1 Å². The summed E-state index contributed by atoms with van der Waals surface area (Å²) in [5.41, 5.74) is 1.08.